The number of hydrogen-bond donors (Lipinski definition) is 1. The summed E-state index contributed by atoms with van der Waals surface area (Å²) in [6.07, 6.45) is 2.52. The van der Waals surface area contributed by atoms with Crippen molar-refractivity contribution >= 4 is 11.0 Å². The molecule has 3 heteroatoms. The number of nitrogens with one attached hydrogen (secondary N) is 1. The monoisotopic (exact) mass is 229 g/mol. The molecule has 90 valence electrons. The molecule has 1 fully saturated rings. The first-order valence-electron chi connectivity index (χ1n) is 6.56. The van der Waals surface area contributed by atoms with Crippen molar-refractivity contribution in [1.82, 2.24) is 14.9 Å². The second kappa shape index (κ2) is 4.49. The summed E-state index contributed by atoms with van der Waals surface area (Å²) < 4.78 is 2.37. The van der Waals surface area contributed by atoms with E-state index >= 15 is 0 Å². The maximum absolute atomic E-state index is 4.83. The van der Waals surface area contributed by atoms with Crippen LogP contribution < -0.4 is 5.32 Å². The van der Waals surface area contributed by atoms with Gasteiger partial charge in [-0.05, 0) is 38.4 Å². The van der Waals surface area contributed by atoms with Gasteiger partial charge in [0, 0.05) is 19.0 Å². The molecule has 0 amide bonds. The molecule has 0 aliphatic carbocycles. The molecule has 1 atom stereocenters. The summed E-state index contributed by atoms with van der Waals surface area (Å²) in [5, 5.41) is 3.48. The van der Waals surface area contributed by atoms with Gasteiger partial charge in [-0.15, -0.1) is 0 Å². The smallest absolute Gasteiger partial charge is 0.114 e. The van der Waals surface area contributed by atoms with Crippen LogP contribution in [0, 0.1) is 0 Å². The van der Waals surface area contributed by atoms with Gasteiger partial charge in [-0.25, -0.2) is 4.98 Å². The highest BCUT2D eigenvalue weighted by Gasteiger charge is 2.21. The number of nitrogens with zero attached hydrogens (tertiary/aromatic N) is 2. The van der Waals surface area contributed by atoms with Crippen molar-refractivity contribution in [1.29, 1.82) is 0 Å². The Morgan fingerprint density at radius 1 is 1.41 bits per heavy atom. The number of rotatable bonds is 2. The molecule has 1 aromatic heterocycles. The van der Waals surface area contributed by atoms with E-state index in [1.807, 2.05) is 0 Å². The van der Waals surface area contributed by atoms with Crippen LogP contribution in [-0.2, 0) is 6.54 Å². The zero-order chi connectivity index (χ0) is 11.7. The summed E-state index contributed by atoms with van der Waals surface area (Å²) in [5.41, 5.74) is 2.41. The Labute approximate surface area is 102 Å². The zero-order valence-electron chi connectivity index (χ0n) is 10.3. The Kier molecular flexibility index (Phi) is 2.85. The van der Waals surface area contributed by atoms with Gasteiger partial charge in [0.25, 0.3) is 0 Å². The predicted octanol–water partition coefficient (Wildman–Crippen LogP) is 2.52. The van der Waals surface area contributed by atoms with E-state index in [0.717, 1.165) is 25.2 Å². The van der Waals surface area contributed by atoms with Crippen LogP contribution in [0.5, 0.6) is 0 Å². The molecule has 1 aliphatic heterocycles. The minimum absolute atomic E-state index is 0.580. The van der Waals surface area contributed by atoms with E-state index in [1.54, 1.807) is 0 Å². The van der Waals surface area contributed by atoms with Crippen LogP contribution in [0.2, 0.25) is 0 Å². The number of piperidine rings is 1. The lowest BCUT2D eigenvalue weighted by Crippen LogP contribution is -2.30. The summed E-state index contributed by atoms with van der Waals surface area (Å²) in [6.45, 7) is 5.44. The molecule has 2 aromatic rings. The van der Waals surface area contributed by atoms with E-state index in [1.165, 1.54) is 24.2 Å². The molecular formula is C14H19N3. The molecule has 1 saturated heterocycles. The Bertz CT molecular complexity index is 509. The van der Waals surface area contributed by atoms with Gasteiger partial charge < -0.3 is 9.88 Å². The lowest BCUT2D eigenvalue weighted by molar-refractivity contribution is 0.436. The highest BCUT2D eigenvalue weighted by Crippen LogP contribution is 2.26. The van der Waals surface area contributed by atoms with E-state index in [2.05, 4.69) is 41.1 Å². The first-order valence-corrected chi connectivity index (χ1v) is 6.56. The average Bonchev–Trinajstić information content (AvgIpc) is 2.78. The molecule has 0 bridgehead atoms. The minimum Gasteiger partial charge on any atom is -0.328 e. The molecule has 1 unspecified atom stereocenters. The summed E-state index contributed by atoms with van der Waals surface area (Å²) in [7, 11) is 0. The maximum Gasteiger partial charge on any atom is 0.114 e. The van der Waals surface area contributed by atoms with Gasteiger partial charge in [-0.2, -0.15) is 0 Å². The summed E-state index contributed by atoms with van der Waals surface area (Å²) in [6, 6.07) is 8.45. The minimum atomic E-state index is 0.580. The summed E-state index contributed by atoms with van der Waals surface area (Å²) in [4.78, 5) is 4.83. The first kappa shape index (κ1) is 10.8. The highest BCUT2D eigenvalue weighted by molar-refractivity contribution is 5.76. The molecule has 3 rings (SSSR count). The van der Waals surface area contributed by atoms with Crippen LogP contribution in [0.15, 0.2) is 24.3 Å². The molecule has 2 heterocycles. The first-order chi connectivity index (χ1) is 8.40. The van der Waals surface area contributed by atoms with Crippen LogP contribution in [-0.4, -0.2) is 22.6 Å². The van der Waals surface area contributed by atoms with Gasteiger partial charge in [0.05, 0.1) is 11.0 Å². The van der Waals surface area contributed by atoms with E-state index in [0.29, 0.717) is 5.92 Å². The molecule has 1 aliphatic rings. The van der Waals surface area contributed by atoms with Gasteiger partial charge >= 0.3 is 0 Å². The lowest BCUT2D eigenvalue weighted by Gasteiger charge is -2.22. The van der Waals surface area contributed by atoms with Crippen molar-refractivity contribution in [2.45, 2.75) is 32.2 Å². The van der Waals surface area contributed by atoms with E-state index in [4.69, 9.17) is 4.98 Å². The Morgan fingerprint density at radius 3 is 3.06 bits per heavy atom. The largest absolute Gasteiger partial charge is 0.328 e. The Morgan fingerprint density at radius 2 is 2.29 bits per heavy atom. The number of benzene rings is 1. The van der Waals surface area contributed by atoms with E-state index < -0.39 is 0 Å². The SMILES string of the molecule is CCn1c(C2CCCNC2)nc2ccccc21. The van der Waals surface area contributed by atoms with Crippen LogP contribution in [0.3, 0.4) is 0 Å². The normalized spacial score (nSPS) is 20.9. The van der Waals surface area contributed by atoms with Crippen LogP contribution in [0.4, 0.5) is 0 Å². The van der Waals surface area contributed by atoms with Crippen molar-refractivity contribution in [3.05, 3.63) is 30.1 Å². The molecule has 1 N–H and O–H groups in total. The Hall–Kier alpha value is -1.35. The van der Waals surface area contributed by atoms with E-state index in [-0.39, 0.29) is 0 Å². The summed E-state index contributed by atoms with van der Waals surface area (Å²) >= 11 is 0. The fourth-order valence-corrected chi connectivity index (χ4v) is 2.81. The average molecular weight is 229 g/mol. The van der Waals surface area contributed by atoms with Gasteiger partial charge in [-0.3, -0.25) is 0 Å². The lowest BCUT2D eigenvalue weighted by atomic mass is 9.99. The number of aryl methyl sites for hydroxylation is 1. The summed E-state index contributed by atoms with van der Waals surface area (Å²) in [5.74, 6) is 1.84. The molecule has 0 radical (unpaired) electrons. The fourth-order valence-electron chi connectivity index (χ4n) is 2.81. The molecule has 0 spiro atoms. The van der Waals surface area contributed by atoms with Gasteiger partial charge in [-0.1, -0.05) is 12.1 Å². The topological polar surface area (TPSA) is 29.9 Å². The molecule has 17 heavy (non-hydrogen) atoms. The van der Waals surface area contributed by atoms with Crippen molar-refractivity contribution in [2.24, 2.45) is 0 Å². The number of aromatic nitrogens is 2. The third-order valence-corrected chi connectivity index (χ3v) is 3.66. The number of hydrogen-bond acceptors (Lipinski definition) is 2. The maximum atomic E-state index is 4.83. The highest BCUT2D eigenvalue weighted by atomic mass is 15.1. The second-order valence-corrected chi connectivity index (χ2v) is 4.75. The number of imidazole rings is 1. The standard InChI is InChI=1S/C14H19N3/c1-2-17-13-8-4-3-7-12(13)16-14(17)11-6-5-9-15-10-11/h3-4,7-8,11,15H,2,5-6,9-10H2,1H3. The van der Waals surface area contributed by atoms with Crippen LogP contribution >= 0.6 is 0 Å². The van der Waals surface area contributed by atoms with Crippen molar-refractivity contribution < 1.29 is 0 Å². The fraction of sp³-hybridized carbons (Fsp3) is 0.500. The molecular weight excluding hydrogens is 210 g/mol. The predicted molar refractivity (Wildman–Crippen MR) is 70.3 cm³/mol. The second-order valence-electron chi connectivity index (χ2n) is 4.75. The molecule has 0 saturated carbocycles. The molecule has 1 aromatic carbocycles. The molecule has 3 nitrogen and oxygen atoms in total. The van der Waals surface area contributed by atoms with Crippen LogP contribution in [0.1, 0.15) is 31.5 Å². The zero-order valence-corrected chi connectivity index (χ0v) is 10.3. The third-order valence-electron chi connectivity index (χ3n) is 3.66. The van der Waals surface area contributed by atoms with Crippen molar-refractivity contribution in [2.75, 3.05) is 13.1 Å². The number of fused-ring (bicyclic) bond motifs is 1. The van der Waals surface area contributed by atoms with Crippen molar-refractivity contribution in [3.8, 4) is 0 Å². The van der Waals surface area contributed by atoms with Crippen LogP contribution in [0.25, 0.3) is 11.0 Å². The third kappa shape index (κ3) is 1.84. The van der Waals surface area contributed by atoms with Crippen molar-refractivity contribution in [3.63, 3.8) is 0 Å². The van der Waals surface area contributed by atoms with E-state index in [9.17, 15) is 0 Å². The van der Waals surface area contributed by atoms with Gasteiger partial charge in [0.2, 0.25) is 0 Å². The Balaban J connectivity index is 2.08. The quantitative estimate of drug-likeness (QED) is 0.857. The number of para-hydroxylation sites is 2. The van der Waals surface area contributed by atoms with Gasteiger partial charge in [0.1, 0.15) is 5.82 Å². The van der Waals surface area contributed by atoms with Gasteiger partial charge in [0.15, 0.2) is 0 Å².